The lowest BCUT2D eigenvalue weighted by molar-refractivity contribution is 0.196. The van der Waals surface area contributed by atoms with Gasteiger partial charge in [-0.05, 0) is 70.2 Å². The van der Waals surface area contributed by atoms with Gasteiger partial charge in [0, 0.05) is 67.6 Å². The third-order valence-corrected chi connectivity index (χ3v) is 7.84. The molecule has 4 rings (SSSR count). The minimum absolute atomic E-state index is 0.0450. The molecule has 4 N–H and O–H groups in total. The fourth-order valence-corrected chi connectivity index (χ4v) is 5.64. The molecular weight excluding hydrogens is 516 g/mol. The van der Waals surface area contributed by atoms with E-state index in [0.29, 0.717) is 30.5 Å². The van der Waals surface area contributed by atoms with Gasteiger partial charge in [-0.25, -0.2) is 22.9 Å². The van der Waals surface area contributed by atoms with Gasteiger partial charge in [-0.3, -0.25) is 0 Å². The number of aromatic nitrogens is 2. The van der Waals surface area contributed by atoms with Crippen LogP contribution in [-0.2, 0) is 10.0 Å². The van der Waals surface area contributed by atoms with Crippen LogP contribution in [-0.4, -0.2) is 68.1 Å². The number of carbonyl (C=O) groups excluding carboxylic acids is 1. The Hall–Kier alpha value is -3.90. The largest absolute Gasteiger partial charge is 0.368 e. The van der Waals surface area contributed by atoms with Crippen molar-refractivity contribution in [3.8, 4) is 0 Å². The molecule has 208 valence electrons. The van der Waals surface area contributed by atoms with Crippen LogP contribution in [0.15, 0.2) is 59.6 Å². The van der Waals surface area contributed by atoms with Crippen molar-refractivity contribution in [3.05, 3.63) is 60.3 Å². The number of urea groups is 1. The van der Waals surface area contributed by atoms with E-state index in [9.17, 15) is 13.2 Å². The highest BCUT2D eigenvalue weighted by Crippen LogP contribution is 2.25. The monoisotopic (exact) mass is 552 g/mol. The number of piperazine rings is 1. The van der Waals surface area contributed by atoms with E-state index in [1.807, 2.05) is 36.1 Å². The van der Waals surface area contributed by atoms with Gasteiger partial charge in [0.1, 0.15) is 5.82 Å². The first-order valence-electron chi connectivity index (χ1n) is 12.8. The van der Waals surface area contributed by atoms with E-state index in [4.69, 9.17) is 0 Å². The first-order chi connectivity index (χ1) is 18.4. The molecule has 1 aromatic heterocycles. The summed E-state index contributed by atoms with van der Waals surface area (Å²) < 4.78 is 28.2. The van der Waals surface area contributed by atoms with Crippen LogP contribution in [0.3, 0.4) is 0 Å². The van der Waals surface area contributed by atoms with Crippen LogP contribution < -0.4 is 25.6 Å². The molecule has 0 atom stereocenters. The fourth-order valence-electron chi connectivity index (χ4n) is 4.18. The molecule has 39 heavy (non-hydrogen) atoms. The molecule has 0 aliphatic carbocycles. The number of rotatable bonds is 7. The van der Waals surface area contributed by atoms with Crippen molar-refractivity contribution in [3.63, 3.8) is 0 Å². The lowest BCUT2D eigenvalue weighted by Gasteiger charge is -2.35. The smallest absolute Gasteiger partial charge is 0.317 e. The number of anilines is 5. The molecule has 11 nitrogen and oxygen atoms in total. The first-order valence-corrected chi connectivity index (χ1v) is 14.3. The van der Waals surface area contributed by atoms with E-state index in [0.717, 1.165) is 30.0 Å². The number of nitrogens with zero attached hydrogens (tertiary/aromatic N) is 4. The third kappa shape index (κ3) is 7.36. The molecule has 3 aromatic rings. The highest BCUT2D eigenvalue weighted by atomic mass is 32.2. The van der Waals surface area contributed by atoms with Crippen molar-refractivity contribution in [1.82, 2.24) is 24.9 Å². The van der Waals surface area contributed by atoms with Crippen molar-refractivity contribution in [2.24, 2.45) is 0 Å². The number of carbonyl (C=O) groups is 1. The minimum Gasteiger partial charge on any atom is -0.368 e. The summed E-state index contributed by atoms with van der Waals surface area (Å²) in [4.78, 5) is 25.1. The maximum absolute atomic E-state index is 12.8. The Bertz CT molecular complexity index is 1410. The normalized spacial score (nSPS) is 14.2. The molecule has 0 saturated carbocycles. The summed E-state index contributed by atoms with van der Waals surface area (Å²) in [6.45, 7) is 10.2. The lowest BCUT2D eigenvalue weighted by Crippen LogP contribution is -2.51. The standard InChI is InChI=1S/C27H36N8O3S/c1-19-18-29-25(31-20-9-11-22(12-10-20)34-13-15-35(16-14-34)26(36)28-5)32-24(19)30-21-7-6-8-23(17-21)39(37,38)33-27(2,3)4/h6-12,17-18,33H,13-16H2,1-5H3,(H,28,36)(H2,29,30,31,32). The Balaban J connectivity index is 1.43. The molecule has 0 bridgehead atoms. The average molecular weight is 553 g/mol. The van der Waals surface area contributed by atoms with Gasteiger partial charge in [0.15, 0.2) is 0 Å². The predicted molar refractivity (Wildman–Crippen MR) is 155 cm³/mol. The SMILES string of the molecule is CNC(=O)N1CCN(c2ccc(Nc3ncc(C)c(Nc4cccc(S(=O)(=O)NC(C)(C)C)c4)n3)cc2)CC1. The number of sulfonamides is 1. The van der Waals surface area contributed by atoms with Gasteiger partial charge >= 0.3 is 6.03 Å². The molecular formula is C27H36N8O3S. The van der Waals surface area contributed by atoms with Crippen molar-refractivity contribution in [1.29, 1.82) is 0 Å². The van der Waals surface area contributed by atoms with Gasteiger partial charge in [-0.2, -0.15) is 4.98 Å². The van der Waals surface area contributed by atoms with Crippen LogP contribution in [0.5, 0.6) is 0 Å². The van der Waals surface area contributed by atoms with E-state index < -0.39 is 15.6 Å². The third-order valence-electron chi connectivity index (χ3n) is 6.09. The number of hydrogen-bond donors (Lipinski definition) is 4. The van der Waals surface area contributed by atoms with Crippen molar-refractivity contribution in [2.45, 2.75) is 38.1 Å². The summed E-state index contributed by atoms with van der Waals surface area (Å²) in [5.41, 5.74) is 2.73. The van der Waals surface area contributed by atoms with Crippen LogP contribution in [0.1, 0.15) is 26.3 Å². The highest BCUT2D eigenvalue weighted by molar-refractivity contribution is 7.89. The highest BCUT2D eigenvalue weighted by Gasteiger charge is 2.22. The number of nitrogens with one attached hydrogen (secondary N) is 4. The number of aryl methyl sites for hydroxylation is 1. The lowest BCUT2D eigenvalue weighted by atomic mass is 10.1. The van der Waals surface area contributed by atoms with Gasteiger partial charge in [0.2, 0.25) is 16.0 Å². The molecule has 2 amide bonds. The molecule has 2 aromatic carbocycles. The van der Waals surface area contributed by atoms with Gasteiger partial charge in [-0.15, -0.1) is 0 Å². The van der Waals surface area contributed by atoms with Crippen molar-refractivity contribution < 1.29 is 13.2 Å². The molecule has 1 aliphatic heterocycles. The van der Waals surface area contributed by atoms with E-state index in [1.165, 1.54) is 0 Å². The maximum Gasteiger partial charge on any atom is 0.317 e. The predicted octanol–water partition coefficient (Wildman–Crippen LogP) is 3.81. The molecule has 1 aliphatic rings. The van der Waals surface area contributed by atoms with E-state index in [1.54, 1.807) is 58.3 Å². The second-order valence-corrected chi connectivity index (χ2v) is 12.1. The summed E-state index contributed by atoms with van der Waals surface area (Å²) in [5, 5.41) is 9.12. The Morgan fingerprint density at radius 2 is 1.64 bits per heavy atom. The topological polar surface area (TPSA) is 132 Å². The van der Waals surface area contributed by atoms with E-state index >= 15 is 0 Å². The quantitative estimate of drug-likeness (QED) is 0.348. The van der Waals surface area contributed by atoms with Crippen molar-refractivity contribution >= 4 is 44.9 Å². The number of benzene rings is 2. The van der Waals surface area contributed by atoms with Crippen molar-refractivity contribution in [2.75, 3.05) is 48.8 Å². The zero-order valence-electron chi connectivity index (χ0n) is 22.9. The summed E-state index contributed by atoms with van der Waals surface area (Å²) in [6, 6.07) is 14.6. The summed E-state index contributed by atoms with van der Waals surface area (Å²) in [7, 11) is -2.02. The summed E-state index contributed by atoms with van der Waals surface area (Å²) in [6.07, 6.45) is 1.71. The molecule has 2 heterocycles. The molecule has 0 unspecified atom stereocenters. The fraction of sp³-hybridized carbons (Fsp3) is 0.370. The maximum atomic E-state index is 12.8. The Labute approximate surface area is 230 Å². The molecule has 0 radical (unpaired) electrons. The van der Waals surface area contributed by atoms with Gasteiger partial charge in [-0.1, -0.05) is 6.07 Å². The molecule has 12 heteroatoms. The van der Waals surface area contributed by atoms with Crippen LogP contribution in [0.2, 0.25) is 0 Å². The number of amides is 2. The van der Waals surface area contributed by atoms with Crippen LogP contribution in [0.25, 0.3) is 0 Å². The van der Waals surface area contributed by atoms with Crippen LogP contribution >= 0.6 is 0 Å². The van der Waals surface area contributed by atoms with Gasteiger partial charge in [0.25, 0.3) is 0 Å². The van der Waals surface area contributed by atoms with Gasteiger partial charge < -0.3 is 25.8 Å². The zero-order chi connectivity index (χ0) is 28.2. The Kier molecular flexibility index (Phi) is 8.26. The molecule has 1 saturated heterocycles. The summed E-state index contributed by atoms with van der Waals surface area (Å²) >= 11 is 0. The second-order valence-electron chi connectivity index (χ2n) is 10.4. The van der Waals surface area contributed by atoms with E-state index in [2.05, 4.69) is 35.5 Å². The Morgan fingerprint density at radius 1 is 0.949 bits per heavy atom. The van der Waals surface area contributed by atoms with Crippen LogP contribution in [0.4, 0.5) is 33.6 Å². The molecule has 1 fully saturated rings. The van der Waals surface area contributed by atoms with E-state index in [-0.39, 0.29) is 10.9 Å². The molecule has 0 spiro atoms. The Morgan fingerprint density at radius 3 is 2.28 bits per heavy atom. The number of hydrogen-bond acceptors (Lipinski definition) is 8. The summed E-state index contributed by atoms with van der Waals surface area (Å²) in [5.74, 6) is 0.977. The second kappa shape index (κ2) is 11.5. The minimum atomic E-state index is -3.67. The average Bonchev–Trinajstić information content (AvgIpc) is 2.89. The first kappa shape index (κ1) is 28.1. The van der Waals surface area contributed by atoms with Crippen LogP contribution in [0, 0.1) is 6.92 Å². The van der Waals surface area contributed by atoms with Gasteiger partial charge in [0.05, 0.1) is 4.90 Å². The zero-order valence-corrected chi connectivity index (χ0v) is 23.8.